The van der Waals surface area contributed by atoms with Crippen LogP contribution < -0.4 is 9.80 Å². The Labute approximate surface area is 320 Å². The molecular weight excluding hydrogens is 732 g/mol. The number of aromatic nitrogens is 1. The van der Waals surface area contributed by atoms with Crippen molar-refractivity contribution < 1.29 is 29.3 Å². The molecule has 4 atom stereocenters. The van der Waals surface area contributed by atoms with E-state index >= 15 is 0 Å². The van der Waals surface area contributed by atoms with Gasteiger partial charge in [-0.1, -0.05) is 34.9 Å². The number of azo groups is 1. The second-order valence-electron chi connectivity index (χ2n) is 14.2. The van der Waals surface area contributed by atoms with Crippen molar-refractivity contribution in [3.63, 3.8) is 0 Å². The molecule has 4 aromatic carbocycles. The molecule has 10 nitrogen and oxygen atoms in total. The first kappa shape index (κ1) is 35.4. The van der Waals surface area contributed by atoms with E-state index in [1.54, 1.807) is 37.3 Å². The Morgan fingerprint density at radius 2 is 1.50 bits per heavy atom. The Kier molecular flexibility index (Phi) is 8.54. The Bertz CT molecular complexity index is 2430. The zero-order valence-electron chi connectivity index (χ0n) is 29.3. The van der Waals surface area contributed by atoms with Gasteiger partial charge in [0.25, 0.3) is 0 Å². The van der Waals surface area contributed by atoms with Crippen LogP contribution in [0.5, 0.6) is 17.5 Å². The number of phenolic OH excluding ortho intramolecular Hbond substituents is 1. The monoisotopic (exact) mass is 765 g/mol. The maximum absolute atomic E-state index is 14.6. The number of hydrogen-bond acceptors (Lipinski definition) is 8. The normalized spacial score (nSPS) is 21.9. The van der Waals surface area contributed by atoms with Crippen LogP contribution in [0.3, 0.4) is 0 Å². The molecular formula is C41H34Cl2FN5O5. The van der Waals surface area contributed by atoms with Crippen molar-refractivity contribution in [2.45, 2.75) is 31.6 Å². The molecule has 8 rings (SSSR count). The van der Waals surface area contributed by atoms with Gasteiger partial charge in [-0.25, -0.2) is 9.29 Å². The largest absolute Gasteiger partial charge is 0.508 e. The van der Waals surface area contributed by atoms with E-state index in [0.717, 1.165) is 16.7 Å². The molecule has 0 unspecified atom stereocenters. The quantitative estimate of drug-likeness (QED) is 0.0897. The van der Waals surface area contributed by atoms with Crippen LogP contribution in [-0.4, -0.2) is 45.8 Å². The van der Waals surface area contributed by atoms with E-state index in [4.69, 9.17) is 23.2 Å². The molecule has 3 aliphatic rings. The van der Waals surface area contributed by atoms with E-state index < -0.39 is 40.8 Å². The second-order valence-corrected chi connectivity index (χ2v) is 15.1. The van der Waals surface area contributed by atoms with Crippen LogP contribution in [0.2, 0.25) is 10.0 Å². The fraction of sp³-hybridized carbons (Fsp3) is 0.220. The topological polar surface area (TPSA) is 131 Å². The van der Waals surface area contributed by atoms with Crippen LogP contribution >= 0.6 is 23.2 Å². The van der Waals surface area contributed by atoms with Crippen molar-refractivity contribution in [3.8, 4) is 23.2 Å². The lowest BCUT2D eigenvalue weighted by molar-refractivity contribution is -0.128. The van der Waals surface area contributed by atoms with Gasteiger partial charge in [0.2, 0.25) is 23.6 Å². The van der Waals surface area contributed by atoms with Crippen LogP contribution in [0.15, 0.2) is 107 Å². The number of aromatic hydroxyl groups is 3. The summed E-state index contributed by atoms with van der Waals surface area (Å²) in [4.78, 5) is 32.0. The summed E-state index contributed by atoms with van der Waals surface area (Å²) in [6.07, 6.45) is 2.20. The summed E-state index contributed by atoms with van der Waals surface area (Å²) in [5.41, 5.74) is 3.38. The summed E-state index contributed by atoms with van der Waals surface area (Å²) >= 11 is 12.6. The fourth-order valence-electron chi connectivity index (χ4n) is 8.41. The number of carbonyl (C=O) groups excluding carboxylic acids is 2. The molecule has 3 N–H and O–H groups in total. The van der Waals surface area contributed by atoms with Crippen LogP contribution in [0, 0.1) is 17.2 Å². The van der Waals surface area contributed by atoms with Gasteiger partial charge in [0, 0.05) is 53.3 Å². The first-order valence-electron chi connectivity index (χ1n) is 17.3. The lowest BCUT2D eigenvalue weighted by atomic mass is 9.53. The third-order valence-electron chi connectivity index (χ3n) is 11.1. The number of amides is 2. The maximum Gasteiger partial charge on any atom is 0.241 e. The summed E-state index contributed by atoms with van der Waals surface area (Å²) in [5.74, 6) is -4.70. The predicted octanol–water partition coefficient (Wildman–Crippen LogP) is 9.47. The molecule has 2 fully saturated rings. The third-order valence-corrected chi connectivity index (χ3v) is 11.6. The molecule has 13 heteroatoms. The number of nitrogens with zero attached hydrogens (tertiary/aromatic N) is 5. The zero-order chi connectivity index (χ0) is 38.2. The van der Waals surface area contributed by atoms with E-state index in [2.05, 4.69) is 10.2 Å². The van der Waals surface area contributed by atoms with Crippen LogP contribution in [0.25, 0.3) is 5.69 Å². The number of rotatable bonds is 6. The van der Waals surface area contributed by atoms with E-state index in [-0.39, 0.29) is 41.1 Å². The number of benzene rings is 4. The lowest BCUT2D eigenvalue weighted by Gasteiger charge is -2.47. The zero-order valence-corrected chi connectivity index (χ0v) is 30.8. The minimum Gasteiger partial charge on any atom is -0.508 e. The van der Waals surface area contributed by atoms with Gasteiger partial charge in [-0.05, 0) is 105 Å². The summed E-state index contributed by atoms with van der Waals surface area (Å²) in [7, 11) is 3.91. The number of carbonyl (C=O) groups is 2. The molecule has 5 aromatic rings. The molecule has 274 valence electrons. The summed E-state index contributed by atoms with van der Waals surface area (Å²) < 4.78 is 15.5. The first-order valence-corrected chi connectivity index (χ1v) is 18.0. The Morgan fingerprint density at radius 1 is 0.852 bits per heavy atom. The third kappa shape index (κ3) is 5.44. The molecule has 1 saturated carbocycles. The van der Waals surface area contributed by atoms with Crippen LogP contribution in [0.4, 0.5) is 27.1 Å². The van der Waals surface area contributed by atoms with E-state index in [9.17, 15) is 29.3 Å². The smallest absolute Gasteiger partial charge is 0.241 e. The molecule has 2 aliphatic carbocycles. The van der Waals surface area contributed by atoms with Crippen molar-refractivity contribution in [3.05, 3.63) is 129 Å². The van der Waals surface area contributed by atoms with E-state index in [0.29, 0.717) is 44.3 Å². The molecule has 2 amide bonds. The van der Waals surface area contributed by atoms with Gasteiger partial charge in [0.1, 0.15) is 11.6 Å². The molecule has 0 radical (unpaired) electrons. The van der Waals surface area contributed by atoms with Crippen LogP contribution in [-0.2, 0) is 16.0 Å². The number of allylic oxidation sites excluding steroid dienone is 2. The molecule has 2 heterocycles. The lowest BCUT2D eigenvalue weighted by Crippen LogP contribution is -2.45. The summed E-state index contributed by atoms with van der Waals surface area (Å²) in [6.45, 7) is 1.70. The number of fused-ring (bicyclic) bond motifs is 4. The van der Waals surface area contributed by atoms with Gasteiger partial charge >= 0.3 is 0 Å². The number of imide groups is 1. The van der Waals surface area contributed by atoms with Gasteiger partial charge in [-0.2, -0.15) is 10.2 Å². The Balaban J connectivity index is 1.19. The van der Waals surface area contributed by atoms with E-state index in [1.165, 1.54) is 28.8 Å². The number of halogens is 3. The molecule has 0 bridgehead atoms. The summed E-state index contributed by atoms with van der Waals surface area (Å²) in [6, 6.07) is 22.7. The van der Waals surface area contributed by atoms with Gasteiger partial charge in [0.05, 0.1) is 39.1 Å². The van der Waals surface area contributed by atoms with Crippen LogP contribution in [0.1, 0.15) is 41.9 Å². The molecule has 54 heavy (non-hydrogen) atoms. The van der Waals surface area contributed by atoms with Crippen molar-refractivity contribution in [1.82, 2.24) is 4.57 Å². The number of anilines is 2. The Hall–Kier alpha value is -5.65. The molecule has 0 spiro atoms. The van der Waals surface area contributed by atoms with E-state index in [1.807, 2.05) is 49.3 Å². The van der Waals surface area contributed by atoms with Crippen molar-refractivity contribution >= 4 is 57.8 Å². The highest BCUT2D eigenvalue weighted by molar-refractivity contribution is 6.32. The van der Waals surface area contributed by atoms with Gasteiger partial charge in [-0.3, -0.25) is 14.2 Å². The SMILES string of the molecule is CN(C)c1ccc(N=Nc2ccc(-n3c(O)c4c(c3O)[C@@H]3C[C@H]5C(=O)N(c6ccc(F)c(Cl)c6)C(=O)[C@@]5(C)[C@@H](c5cc(Cl)ccc5O)C3=CC4)cc2)cc1. The highest BCUT2D eigenvalue weighted by atomic mass is 35.5. The second kappa shape index (κ2) is 13.0. The van der Waals surface area contributed by atoms with Crippen molar-refractivity contribution in [1.29, 1.82) is 0 Å². The molecule has 1 aliphatic heterocycles. The van der Waals surface area contributed by atoms with Gasteiger partial charge in [0.15, 0.2) is 0 Å². The minimum atomic E-state index is -1.42. The number of hydrogen-bond donors (Lipinski definition) is 3. The van der Waals surface area contributed by atoms with Gasteiger partial charge in [-0.15, -0.1) is 0 Å². The van der Waals surface area contributed by atoms with Crippen molar-refractivity contribution in [2.75, 3.05) is 23.9 Å². The predicted molar refractivity (Wildman–Crippen MR) is 205 cm³/mol. The highest BCUT2D eigenvalue weighted by Crippen LogP contribution is 2.65. The highest BCUT2D eigenvalue weighted by Gasteiger charge is 2.65. The standard InChI is InChI=1S/C41H34Cl2FN5O5/c1-41-31(38(52)49(40(41)54)26-13-16-33(44)32(43)19-26)20-29-27(36(41)30-18-21(42)4-17-34(30)50)14-15-28-35(29)39(53)48(37(28)51)25-11-7-23(8-12-25)46-45-22-5-9-24(10-6-22)47(2)3/h4-14,16-19,29,31,36,50-51,53H,15,20H2,1-3H3/t29-,31+,36-,41-/m1/s1. The Morgan fingerprint density at radius 3 is 2.15 bits per heavy atom. The number of phenols is 1. The molecule has 1 saturated heterocycles. The first-order chi connectivity index (χ1) is 25.8. The van der Waals surface area contributed by atoms with Crippen molar-refractivity contribution in [2.24, 2.45) is 21.6 Å². The average Bonchev–Trinajstić information content (AvgIpc) is 3.52. The summed E-state index contributed by atoms with van der Waals surface area (Å²) in [5, 5.41) is 43.5. The fourth-order valence-corrected chi connectivity index (χ4v) is 8.76. The average molecular weight is 767 g/mol. The molecule has 1 aromatic heterocycles. The minimum absolute atomic E-state index is 0.106. The van der Waals surface area contributed by atoms with Gasteiger partial charge < -0.3 is 20.2 Å². The maximum atomic E-state index is 14.6.